The minimum absolute atomic E-state index is 0.0469. The zero-order valence-corrected chi connectivity index (χ0v) is 19.2. The molecule has 0 N–H and O–H groups in total. The fourth-order valence-electron chi connectivity index (χ4n) is 4.96. The van der Waals surface area contributed by atoms with Crippen molar-refractivity contribution in [3.05, 3.63) is 52.7 Å². The van der Waals surface area contributed by atoms with Gasteiger partial charge >= 0.3 is 5.69 Å². The molecule has 0 spiro atoms. The molecule has 0 unspecified atom stereocenters. The maximum atomic E-state index is 13.5. The van der Waals surface area contributed by atoms with Crippen LogP contribution in [0.1, 0.15) is 55.3 Å². The number of likely N-dealkylation sites (tertiary alicyclic amines) is 1. The van der Waals surface area contributed by atoms with Crippen LogP contribution in [0.15, 0.2) is 41.5 Å². The summed E-state index contributed by atoms with van der Waals surface area (Å²) in [7, 11) is 1.62. The first kappa shape index (κ1) is 22.5. The van der Waals surface area contributed by atoms with E-state index >= 15 is 0 Å². The van der Waals surface area contributed by atoms with Crippen LogP contribution in [-0.2, 0) is 7.05 Å². The molecule has 1 aliphatic carbocycles. The van der Waals surface area contributed by atoms with Crippen molar-refractivity contribution in [3.8, 4) is 0 Å². The van der Waals surface area contributed by atoms with Gasteiger partial charge in [0.1, 0.15) is 5.82 Å². The van der Waals surface area contributed by atoms with Crippen molar-refractivity contribution in [2.45, 2.75) is 56.9 Å². The van der Waals surface area contributed by atoms with E-state index in [0.717, 1.165) is 31.4 Å². The van der Waals surface area contributed by atoms with Gasteiger partial charge in [0.15, 0.2) is 5.65 Å². The molecular weight excluding hydrogens is 442 g/mol. The number of aryl methyl sites for hydroxylation is 1. The number of aromatic nitrogens is 4. The fourth-order valence-corrected chi connectivity index (χ4v) is 4.96. The zero-order valence-electron chi connectivity index (χ0n) is 19.2. The van der Waals surface area contributed by atoms with Crippen LogP contribution >= 0.6 is 0 Å². The summed E-state index contributed by atoms with van der Waals surface area (Å²) in [6.45, 7) is 0.0937. The largest absolute Gasteiger partial charge is 0.350 e. The number of pyridine rings is 2. The van der Waals surface area contributed by atoms with Crippen molar-refractivity contribution in [2.24, 2.45) is 7.05 Å². The molecule has 2 aliphatic rings. The number of nitrogens with zero attached hydrogens (tertiary/aromatic N) is 6. The number of alkyl halides is 2. The van der Waals surface area contributed by atoms with E-state index in [2.05, 4.69) is 15.0 Å². The maximum Gasteiger partial charge on any atom is 0.350 e. The Kier molecular flexibility index (Phi) is 5.83. The lowest BCUT2D eigenvalue weighted by Crippen LogP contribution is -2.42. The Labute approximate surface area is 195 Å². The van der Waals surface area contributed by atoms with Crippen molar-refractivity contribution in [2.75, 3.05) is 18.0 Å². The number of carbonyl (C=O) groups is 1. The Morgan fingerprint density at radius 2 is 1.85 bits per heavy atom. The van der Waals surface area contributed by atoms with E-state index in [9.17, 15) is 18.4 Å². The van der Waals surface area contributed by atoms with E-state index in [1.165, 1.54) is 26.6 Å². The third-order valence-corrected chi connectivity index (χ3v) is 6.90. The summed E-state index contributed by atoms with van der Waals surface area (Å²) in [6.07, 6.45) is 8.14. The predicted octanol–water partition coefficient (Wildman–Crippen LogP) is 3.77. The van der Waals surface area contributed by atoms with E-state index in [0.29, 0.717) is 17.0 Å². The zero-order chi connectivity index (χ0) is 23.9. The minimum atomic E-state index is -2.70. The van der Waals surface area contributed by atoms with Crippen LogP contribution in [0, 0.1) is 0 Å². The minimum Gasteiger partial charge on any atom is -0.338 e. The molecule has 2 fully saturated rings. The predicted molar refractivity (Wildman–Crippen MR) is 124 cm³/mol. The molecule has 1 amide bonds. The number of amides is 1. The molecule has 10 heteroatoms. The number of piperidine rings is 1. The first-order chi connectivity index (χ1) is 16.3. The van der Waals surface area contributed by atoms with Gasteiger partial charge in [0.2, 0.25) is 0 Å². The maximum absolute atomic E-state index is 13.5. The summed E-state index contributed by atoms with van der Waals surface area (Å²) in [5.41, 5.74) is 1.63. The van der Waals surface area contributed by atoms with Gasteiger partial charge in [-0.2, -0.15) is 5.10 Å². The molecule has 180 valence electrons. The first-order valence-electron chi connectivity index (χ1n) is 11.8. The van der Waals surface area contributed by atoms with Gasteiger partial charge in [-0.1, -0.05) is 19.3 Å². The normalized spacial score (nSPS) is 18.9. The standard InChI is InChI=1S/C24H28F2N6O2/c1-29-23(34)31-12-9-19(15-21(31)28-29)32(18-5-3-2-4-6-18)20-8-7-17(16-27-20)22(33)30-13-10-24(25,26)11-14-30/h7-9,12,15-16,18H,2-6,10-11,13-14H2,1H3. The number of halogens is 2. The number of fused-ring (bicyclic) bond motifs is 1. The molecule has 5 rings (SSSR count). The molecule has 8 nitrogen and oxygen atoms in total. The first-order valence-corrected chi connectivity index (χ1v) is 11.8. The SMILES string of the molecule is Cn1nc2cc(N(c3ccc(C(=O)N4CCC(F)(F)CC4)cn3)C3CCCCC3)ccn2c1=O. The molecule has 0 atom stereocenters. The lowest BCUT2D eigenvalue weighted by molar-refractivity contribution is -0.0494. The molecule has 1 aliphatic heterocycles. The van der Waals surface area contributed by atoms with E-state index in [1.807, 2.05) is 18.2 Å². The number of hydrogen-bond donors (Lipinski definition) is 0. The summed E-state index contributed by atoms with van der Waals surface area (Å²) in [5, 5.41) is 4.31. The van der Waals surface area contributed by atoms with Crippen LogP contribution in [-0.4, -0.2) is 55.0 Å². The summed E-state index contributed by atoms with van der Waals surface area (Å²) in [4.78, 5) is 33.3. The molecule has 3 aromatic heterocycles. The average molecular weight is 471 g/mol. The smallest absolute Gasteiger partial charge is 0.338 e. The summed E-state index contributed by atoms with van der Waals surface area (Å²) in [6, 6.07) is 7.54. The molecule has 34 heavy (non-hydrogen) atoms. The Balaban J connectivity index is 1.44. The lowest BCUT2D eigenvalue weighted by Gasteiger charge is -2.35. The Morgan fingerprint density at radius 1 is 1.12 bits per heavy atom. The second-order valence-electron chi connectivity index (χ2n) is 9.23. The Morgan fingerprint density at radius 3 is 2.53 bits per heavy atom. The van der Waals surface area contributed by atoms with Crippen molar-refractivity contribution >= 4 is 23.1 Å². The number of rotatable bonds is 4. The lowest BCUT2D eigenvalue weighted by atomic mass is 9.93. The van der Waals surface area contributed by atoms with Crippen LogP contribution in [0.2, 0.25) is 0 Å². The van der Waals surface area contributed by atoms with Gasteiger partial charge in [-0.05, 0) is 31.0 Å². The third kappa shape index (κ3) is 4.28. The van der Waals surface area contributed by atoms with Gasteiger partial charge in [-0.3, -0.25) is 9.20 Å². The van der Waals surface area contributed by atoms with Crippen molar-refractivity contribution in [1.82, 2.24) is 24.1 Å². The molecule has 0 bridgehead atoms. The Hall–Kier alpha value is -3.30. The van der Waals surface area contributed by atoms with Crippen molar-refractivity contribution < 1.29 is 13.6 Å². The van der Waals surface area contributed by atoms with E-state index in [4.69, 9.17) is 0 Å². The molecule has 0 aromatic carbocycles. The van der Waals surface area contributed by atoms with E-state index in [-0.39, 0.29) is 43.6 Å². The van der Waals surface area contributed by atoms with Gasteiger partial charge in [0, 0.05) is 63.2 Å². The monoisotopic (exact) mass is 470 g/mol. The van der Waals surface area contributed by atoms with Crippen LogP contribution in [0.5, 0.6) is 0 Å². The molecule has 1 saturated carbocycles. The topological polar surface area (TPSA) is 75.7 Å². The molecule has 0 radical (unpaired) electrons. The number of carbonyl (C=O) groups excluding carboxylic acids is 1. The fraction of sp³-hybridized carbons (Fsp3) is 0.500. The summed E-state index contributed by atoms with van der Waals surface area (Å²) >= 11 is 0. The molecule has 3 aromatic rings. The van der Waals surface area contributed by atoms with E-state index in [1.54, 1.807) is 19.3 Å². The van der Waals surface area contributed by atoms with Gasteiger partial charge in [-0.25, -0.2) is 23.2 Å². The van der Waals surface area contributed by atoms with E-state index < -0.39 is 5.92 Å². The highest BCUT2D eigenvalue weighted by Gasteiger charge is 2.36. The number of anilines is 2. The average Bonchev–Trinajstić information content (AvgIpc) is 3.13. The van der Waals surface area contributed by atoms with Crippen molar-refractivity contribution in [3.63, 3.8) is 0 Å². The highest BCUT2D eigenvalue weighted by Crippen LogP contribution is 2.34. The molecule has 4 heterocycles. The third-order valence-electron chi connectivity index (χ3n) is 6.90. The van der Waals surface area contributed by atoms with Crippen molar-refractivity contribution in [1.29, 1.82) is 0 Å². The van der Waals surface area contributed by atoms with Gasteiger partial charge in [0.25, 0.3) is 11.8 Å². The number of hydrogen-bond acceptors (Lipinski definition) is 5. The van der Waals surface area contributed by atoms with Crippen LogP contribution < -0.4 is 10.6 Å². The second kappa shape index (κ2) is 8.81. The highest BCUT2D eigenvalue weighted by atomic mass is 19.3. The summed E-state index contributed by atoms with van der Waals surface area (Å²) in [5.74, 6) is -2.26. The summed E-state index contributed by atoms with van der Waals surface area (Å²) < 4.78 is 29.7. The van der Waals surface area contributed by atoms with Crippen LogP contribution in [0.4, 0.5) is 20.3 Å². The quantitative estimate of drug-likeness (QED) is 0.580. The molecule has 1 saturated heterocycles. The van der Waals surface area contributed by atoms with Gasteiger partial charge in [0.05, 0.1) is 5.56 Å². The second-order valence-corrected chi connectivity index (χ2v) is 9.23. The van der Waals surface area contributed by atoms with Gasteiger partial charge in [-0.15, -0.1) is 0 Å². The molecular formula is C24H28F2N6O2. The van der Waals surface area contributed by atoms with Gasteiger partial charge < -0.3 is 9.80 Å². The van der Waals surface area contributed by atoms with Crippen LogP contribution in [0.3, 0.4) is 0 Å². The highest BCUT2D eigenvalue weighted by molar-refractivity contribution is 5.94. The Bertz CT molecular complexity index is 1240. The van der Waals surface area contributed by atoms with Crippen LogP contribution in [0.25, 0.3) is 5.65 Å².